The molecular weight excluding hydrogens is 1360 g/mol. The third-order valence-electron chi connectivity index (χ3n) is 19.4. The Labute approximate surface area is 628 Å². The zero-order chi connectivity index (χ0) is 76.4. The van der Waals surface area contributed by atoms with Crippen molar-refractivity contribution in [2.24, 2.45) is 87.7 Å². The molecule has 6 amide bonds. The lowest BCUT2D eigenvalue weighted by Crippen LogP contribution is -2.46. The van der Waals surface area contributed by atoms with E-state index in [1.54, 1.807) is 12.1 Å². The molecule has 1 aromatic carbocycles. The van der Waals surface area contributed by atoms with Gasteiger partial charge in [-0.1, -0.05) is 260 Å². The lowest BCUT2D eigenvalue weighted by atomic mass is 9.83. The molecule has 22 nitrogen and oxygen atoms in total. The highest BCUT2D eigenvalue weighted by molar-refractivity contribution is 7.85. The van der Waals surface area contributed by atoms with Crippen LogP contribution in [0.4, 0.5) is 9.59 Å². The highest BCUT2D eigenvalue weighted by atomic mass is 32.2. The van der Waals surface area contributed by atoms with E-state index < -0.39 is 56.2 Å². The number of rotatable bonds is 32. The van der Waals surface area contributed by atoms with Crippen molar-refractivity contribution in [3.8, 4) is 0 Å². The van der Waals surface area contributed by atoms with Gasteiger partial charge in [0, 0.05) is 47.8 Å². The maximum absolute atomic E-state index is 12.3. The molecule has 0 unspecified atom stereocenters. The van der Waals surface area contributed by atoms with Crippen LogP contribution in [-0.4, -0.2) is 158 Å². The number of aliphatic hydroxyl groups is 1. The molecule has 25 heteroatoms. The van der Waals surface area contributed by atoms with Gasteiger partial charge in [0.05, 0.1) is 31.2 Å². The van der Waals surface area contributed by atoms with Gasteiger partial charge in [0.25, 0.3) is 10.1 Å². The molecule has 1 aromatic rings. The summed E-state index contributed by atoms with van der Waals surface area (Å²) in [5.41, 5.74) is 32.0. The topological polar surface area (TPSA) is 387 Å². The molecule has 0 bridgehead atoms. The van der Waals surface area contributed by atoms with Crippen LogP contribution in [0.5, 0.6) is 0 Å². The number of amides is 6. The molecule has 0 aliphatic heterocycles. The summed E-state index contributed by atoms with van der Waals surface area (Å²) in [7, 11) is -6.52. The first-order valence-electron chi connectivity index (χ1n) is 38.7. The van der Waals surface area contributed by atoms with Gasteiger partial charge in [-0.15, -0.1) is 0 Å². The summed E-state index contributed by atoms with van der Waals surface area (Å²) < 4.78 is 40.3. The van der Waals surface area contributed by atoms with Crippen LogP contribution >= 0.6 is 0 Å². The fraction of sp³-hybridized carbons (Fsp3) is 0.833. The minimum Gasteiger partial charge on any atom is -0.450 e. The summed E-state index contributed by atoms with van der Waals surface area (Å²) >= 11 is 0. The Bertz CT molecular complexity index is 2410. The average molecular weight is 1520 g/mol. The van der Waals surface area contributed by atoms with Crippen LogP contribution in [-0.2, 0) is 43.6 Å². The minimum atomic E-state index is -4.02. The van der Waals surface area contributed by atoms with Crippen molar-refractivity contribution in [2.75, 3.05) is 65.6 Å². The number of nitrogens with one attached hydrogen (secondary N) is 1. The van der Waals surface area contributed by atoms with Crippen LogP contribution in [0, 0.1) is 60.2 Å². The number of ether oxygens (including phenoxy) is 2. The molecule has 604 valence electrons. The van der Waals surface area contributed by atoms with Crippen molar-refractivity contribution >= 4 is 68.4 Å². The van der Waals surface area contributed by atoms with E-state index in [1.165, 1.54) is 195 Å². The second-order valence-electron chi connectivity index (χ2n) is 32.7. The Hall–Kier alpha value is -4.51. The third-order valence-corrected chi connectivity index (χ3v) is 23.7. The van der Waals surface area contributed by atoms with E-state index in [1.807, 2.05) is 13.8 Å². The molecule has 5 aliphatic carbocycles. The van der Waals surface area contributed by atoms with Crippen molar-refractivity contribution in [2.45, 2.75) is 304 Å². The van der Waals surface area contributed by atoms with Crippen LogP contribution in [0.3, 0.4) is 0 Å². The van der Waals surface area contributed by atoms with Crippen LogP contribution in [0.1, 0.15) is 241 Å². The number of aliphatic hydroxyl groups excluding tert-OH is 1. The number of carbonyl (C=O) groups excluding carboxylic acids is 7. The molecule has 0 radical (unpaired) electrons. The van der Waals surface area contributed by atoms with Gasteiger partial charge < -0.3 is 59.1 Å². The molecule has 15 N–H and O–H groups in total. The van der Waals surface area contributed by atoms with Gasteiger partial charge in [0.15, 0.2) is 0 Å². The van der Waals surface area contributed by atoms with E-state index in [4.69, 9.17) is 47.8 Å². The van der Waals surface area contributed by atoms with E-state index in [0.29, 0.717) is 63.1 Å². The van der Waals surface area contributed by atoms with Gasteiger partial charge in [-0.2, -0.15) is 8.42 Å². The summed E-state index contributed by atoms with van der Waals surface area (Å²) in [5, 5.41) is 12.0. The van der Waals surface area contributed by atoms with Crippen LogP contribution in [0.15, 0.2) is 29.2 Å². The molecule has 0 spiro atoms. The largest absolute Gasteiger partial charge is 0.450 e. The van der Waals surface area contributed by atoms with Crippen molar-refractivity contribution < 1.29 is 61.1 Å². The second-order valence-corrected chi connectivity index (χ2v) is 45.3. The molecule has 5 saturated carbocycles. The average Bonchev–Trinajstić information content (AvgIpc) is 0.877. The molecule has 6 rings (SSSR count). The third kappa shape index (κ3) is 60.2. The zero-order valence-corrected chi connectivity index (χ0v) is 67.8. The SMILES string of the molecule is C.C.C[C@@H](CC1CCCCC1)CN(CC(N)=O)C(=O)OCC[Si](C)(C)C.C[C@H](C=O)CC1CCCCC1.C[C@H](CNCC(N)=O)CC1CCCCC1.C[C@H](CO)CC1CCCCC1.C[Si](C)(C)CCOC(=O)N(CC(N)=O)C[C@@H](N)CC1CCCCC1.Cc1ccc(S(=O)(=O)O)cc1.NCC(N)=O. The minimum absolute atomic E-state index is 0. The molecule has 0 saturated heterocycles. The standard InChI is InChI=1S/C18H36N2O3Si.C17H35N3O3Si.C12H24N2O.C10H20O.C10H18O.C7H8O3S.C2H6N2O.2CH4/c1-15(12-16-8-6-5-7-9-16)13-20(14-17(19)21)18(22)23-10-11-24(2,3)4;1-24(2,3)10-9-23-17(22)20(13-16(19)21)12-15(18)11-14-7-5-4-6-8-14;1-10(8-14-9-12(13)15)7-11-5-3-2-4-6-11;2*1-9(8-11)7-10-5-3-2-4-6-10;1-6-2-4-7(5-3-6)11(8,9)10;3-1-2(4)5;;/h15-16H,5-14H2,1-4H3,(H2,19,21);14-15H,4-13,18H2,1-3H3,(H2,19,21);10-11,14H,2-9H2,1H3,(H2,13,15);9-11H,2-8H2,1H3;8-10H,2-7H2,1H3;2-5H,1H3,(H,8,9,10);1,3H2,(H2,4,5);2*1H4/t2*15-;10-;2*9-;;;;/m00000..../s1. The quantitative estimate of drug-likeness (QED) is 0.0184. The Kier molecular flexibility index (Phi) is 59.3. The summed E-state index contributed by atoms with van der Waals surface area (Å²) in [6, 6.07) is 7.68. The number of nitrogens with two attached hydrogens (primary N) is 6. The number of carbonyl (C=O) groups is 7. The van der Waals surface area contributed by atoms with Crippen molar-refractivity contribution in [3.63, 3.8) is 0 Å². The van der Waals surface area contributed by atoms with Crippen LogP contribution in [0.2, 0.25) is 51.4 Å². The fourth-order valence-corrected chi connectivity index (χ4v) is 15.7. The van der Waals surface area contributed by atoms with E-state index >= 15 is 0 Å². The predicted octanol–water partition coefficient (Wildman–Crippen LogP) is 14.4. The Balaban J connectivity index is -0.00000118. The zero-order valence-electron chi connectivity index (χ0n) is 65.0. The summed E-state index contributed by atoms with van der Waals surface area (Å²) in [6.45, 7) is 26.9. The van der Waals surface area contributed by atoms with Gasteiger partial charge in [0.2, 0.25) is 23.6 Å². The molecule has 5 aliphatic rings. The number of nitrogens with zero attached hydrogens (tertiary/aromatic N) is 2. The summed E-state index contributed by atoms with van der Waals surface area (Å²) in [4.78, 5) is 80.3. The lowest BCUT2D eigenvalue weighted by molar-refractivity contribution is -0.119. The smallest absolute Gasteiger partial charge is 0.410 e. The summed E-state index contributed by atoms with van der Waals surface area (Å²) in [6.07, 6.45) is 39.7. The number of hydrogen-bond donors (Lipinski definition) is 9. The molecule has 5 fully saturated rings. The molecule has 0 heterocycles. The van der Waals surface area contributed by atoms with Gasteiger partial charge in [-0.25, -0.2) is 9.59 Å². The van der Waals surface area contributed by atoms with Gasteiger partial charge in [-0.05, 0) is 117 Å². The normalized spacial score (nSPS) is 17.5. The van der Waals surface area contributed by atoms with Gasteiger partial charge in [0.1, 0.15) is 19.4 Å². The maximum Gasteiger partial charge on any atom is 0.410 e. The van der Waals surface area contributed by atoms with Crippen molar-refractivity contribution in [1.82, 2.24) is 15.1 Å². The van der Waals surface area contributed by atoms with Crippen molar-refractivity contribution in [3.05, 3.63) is 29.8 Å². The van der Waals surface area contributed by atoms with Crippen molar-refractivity contribution in [1.29, 1.82) is 0 Å². The predicted molar refractivity (Wildman–Crippen MR) is 429 cm³/mol. The Morgan fingerprint density at radius 1 is 0.534 bits per heavy atom. The number of hydrogen-bond acceptors (Lipinski definition) is 15. The lowest BCUT2D eigenvalue weighted by Gasteiger charge is -2.28. The Morgan fingerprint density at radius 3 is 1.17 bits per heavy atom. The van der Waals surface area contributed by atoms with Crippen LogP contribution in [0.25, 0.3) is 0 Å². The van der Waals surface area contributed by atoms with Crippen LogP contribution < -0.4 is 39.7 Å². The monoisotopic (exact) mass is 1510 g/mol. The second kappa shape index (κ2) is 59.5. The number of aldehydes is 1. The number of primary amides is 4. The van der Waals surface area contributed by atoms with E-state index in [0.717, 1.165) is 73.4 Å². The molecule has 103 heavy (non-hydrogen) atoms. The number of aryl methyl sites for hydroxylation is 1. The first-order chi connectivity index (χ1) is 47.4. The van der Waals surface area contributed by atoms with E-state index in [-0.39, 0.29) is 57.2 Å². The van der Waals surface area contributed by atoms with E-state index in [9.17, 15) is 42.0 Å². The van der Waals surface area contributed by atoms with Gasteiger partial charge >= 0.3 is 12.2 Å². The fourth-order valence-electron chi connectivity index (χ4n) is 13.8. The molecule has 5 atom stereocenters. The number of benzene rings is 1. The first kappa shape index (κ1) is 103. The highest BCUT2D eigenvalue weighted by Crippen LogP contribution is 2.33. The molecule has 0 aromatic heterocycles. The molecular formula is C78H155N9O13SSi2. The summed E-state index contributed by atoms with van der Waals surface area (Å²) in [5.74, 6) is 4.16. The first-order valence-corrected chi connectivity index (χ1v) is 47.5. The highest BCUT2D eigenvalue weighted by Gasteiger charge is 2.27. The van der Waals surface area contributed by atoms with Gasteiger partial charge in [-0.3, -0.25) is 33.5 Å². The maximum atomic E-state index is 12.3. The van der Waals surface area contributed by atoms with E-state index in [2.05, 4.69) is 71.1 Å². The Morgan fingerprint density at radius 2 is 0.864 bits per heavy atom.